The molecule has 1 amide bonds. The molecular weight excluding hydrogens is 494 g/mol. The van der Waals surface area contributed by atoms with Crippen LogP contribution in [0.15, 0.2) is 41.2 Å². The fourth-order valence-corrected chi connectivity index (χ4v) is 5.23. The van der Waals surface area contributed by atoms with E-state index in [-0.39, 0.29) is 35.6 Å². The molecule has 1 aliphatic heterocycles. The molecule has 4 rings (SSSR count). The number of nitrogens with zero attached hydrogens (tertiary/aromatic N) is 6. The highest BCUT2D eigenvalue weighted by Crippen LogP contribution is 2.32. The predicted octanol–water partition coefficient (Wildman–Crippen LogP) is 3.67. The number of fused-ring (bicyclic) bond motifs is 1. The second-order valence-electron chi connectivity index (χ2n) is 10.5. The third kappa shape index (κ3) is 6.04. The lowest BCUT2D eigenvalue weighted by molar-refractivity contribution is 0.0858. The Morgan fingerprint density at radius 1 is 1.18 bits per heavy atom. The van der Waals surface area contributed by atoms with Gasteiger partial charge in [0.15, 0.2) is 5.82 Å². The van der Waals surface area contributed by atoms with Crippen molar-refractivity contribution in [1.29, 1.82) is 5.26 Å². The Labute approximate surface area is 229 Å². The highest BCUT2D eigenvalue weighted by Gasteiger charge is 2.37. The van der Waals surface area contributed by atoms with Crippen LogP contribution in [-0.2, 0) is 11.8 Å². The van der Waals surface area contributed by atoms with Crippen molar-refractivity contribution >= 4 is 22.9 Å². The van der Waals surface area contributed by atoms with Crippen LogP contribution in [0.5, 0.6) is 0 Å². The summed E-state index contributed by atoms with van der Waals surface area (Å²) in [6.07, 6.45) is 0.213. The van der Waals surface area contributed by atoms with Crippen molar-refractivity contribution in [2.75, 3.05) is 24.5 Å². The van der Waals surface area contributed by atoms with Crippen molar-refractivity contribution in [2.45, 2.75) is 65.3 Å². The molecule has 10 nitrogen and oxygen atoms in total. The van der Waals surface area contributed by atoms with E-state index in [1.54, 1.807) is 19.2 Å². The third-order valence-corrected chi connectivity index (χ3v) is 7.32. The van der Waals surface area contributed by atoms with Gasteiger partial charge < -0.3 is 15.0 Å². The predicted molar refractivity (Wildman–Crippen MR) is 151 cm³/mol. The van der Waals surface area contributed by atoms with Crippen molar-refractivity contribution in [3.63, 3.8) is 0 Å². The number of anilines is 1. The molecule has 1 aliphatic rings. The van der Waals surface area contributed by atoms with Crippen LogP contribution >= 0.6 is 0 Å². The number of nitrogens with one attached hydrogen (secondary N) is 1. The first-order valence-corrected chi connectivity index (χ1v) is 13.4. The first kappa shape index (κ1) is 28.0. The van der Waals surface area contributed by atoms with E-state index < -0.39 is 6.09 Å². The lowest BCUT2D eigenvalue weighted by Crippen LogP contribution is -2.59. The van der Waals surface area contributed by atoms with E-state index in [1.807, 2.05) is 13.8 Å². The SMILES string of the molecule is CC[C@@H]1CN(c2nc(=O)n(C)c3ccc(C#N)nc23)[C@@H](C)CN1C(CNC(=O)OC(C)C)c1ccc(C)cc1. The largest absolute Gasteiger partial charge is 0.447 e. The van der Waals surface area contributed by atoms with Gasteiger partial charge in [-0.15, -0.1) is 0 Å². The van der Waals surface area contributed by atoms with E-state index in [0.29, 0.717) is 36.5 Å². The first-order valence-electron chi connectivity index (χ1n) is 13.4. The summed E-state index contributed by atoms with van der Waals surface area (Å²) >= 11 is 0. The van der Waals surface area contributed by atoms with Gasteiger partial charge in [0.2, 0.25) is 0 Å². The van der Waals surface area contributed by atoms with Crippen LogP contribution in [-0.4, -0.2) is 63.4 Å². The molecule has 0 aliphatic carbocycles. The molecule has 1 N–H and O–H groups in total. The number of aromatic nitrogens is 3. The molecule has 3 aromatic rings. The maximum absolute atomic E-state index is 12.8. The second kappa shape index (κ2) is 11.8. The number of piperazine rings is 1. The normalized spacial score (nSPS) is 18.7. The van der Waals surface area contributed by atoms with E-state index >= 15 is 0 Å². The zero-order valence-electron chi connectivity index (χ0n) is 23.5. The molecule has 3 atom stereocenters. The van der Waals surface area contributed by atoms with Gasteiger partial charge in [-0.25, -0.2) is 14.6 Å². The molecule has 3 heterocycles. The summed E-state index contributed by atoms with van der Waals surface area (Å²) in [6.45, 7) is 11.6. The summed E-state index contributed by atoms with van der Waals surface area (Å²) in [5, 5.41) is 12.4. The fourth-order valence-electron chi connectivity index (χ4n) is 5.23. The van der Waals surface area contributed by atoms with Crippen LogP contribution in [0.25, 0.3) is 11.0 Å². The van der Waals surface area contributed by atoms with Crippen LogP contribution in [0.1, 0.15) is 57.0 Å². The first-order chi connectivity index (χ1) is 18.6. The van der Waals surface area contributed by atoms with Gasteiger partial charge in [-0.2, -0.15) is 10.2 Å². The number of nitriles is 1. The highest BCUT2D eigenvalue weighted by molar-refractivity contribution is 5.86. The molecule has 0 bridgehead atoms. The molecule has 1 fully saturated rings. The highest BCUT2D eigenvalue weighted by atomic mass is 16.6. The zero-order valence-corrected chi connectivity index (χ0v) is 23.5. The van der Waals surface area contributed by atoms with E-state index in [0.717, 1.165) is 12.0 Å². The Morgan fingerprint density at radius 2 is 1.90 bits per heavy atom. The van der Waals surface area contributed by atoms with Crippen molar-refractivity contribution in [3.05, 3.63) is 63.7 Å². The van der Waals surface area contributed by atoms with Gasteiger partial charge in [-0.05, 0) is 51.8 Å². The quantitative estimate of drug-likeness (QED) is 0.491. The van der Waals surface area contributed by atoms with Crippen molar-refractivity contribution in [3.8, 4) is 6.07 Å². The number of ether oxygens (including phenoxy) is 1. The molecule has 1 aromatic carbocycles. The number of carbonyl (C=O) groups excluding carboxylic acids is 1. The molecule has 0 spiro atoms. The summed E-state index contributed by atoms with van der Waals surface area (Å²) in [4.78, 5) is 38.7. The fraction of sp³-hybridized carbons (Fsp3) is 0.483. The number of pyridine rings is 1. The summed E-state index contributed by atoms with van der Waals surface area (Å²) in [5.41, 5.74) is 3.37. The number of benzene rings is 1. The van der Waals surface area contributed by atoms with Gasteiger partial charge in [-0.1, -0.05) is 36.8 Å². The Bertz CT molecular complexity index is 1430. The number of rotatable bonds is 7. The maximum atomic E-state index is 12.8. The lowest BCUT2D eigenvalue weighted by Gasteiger charge is -2.49. The molecule has 2 aromatic heterocycles. The van der Waals surface area contributed by atoms with Gasteiger partial charge in [-0.3, -0.25) is 9.47 Å². The minimum Gasteiger partial charge on any atom is -0.447 e. The Hall–Kier alpha value is -3.97. The molecule has 0 saturated carbocycles. The van der Waals surface area contributed by atoms with E-state index in [2.05, 4.69) is 76.2 Å². The van der Waals surface area contributed by atoms with Gasteiger partial charge >= 0.3 is 11.8 Å². The van der Waals surface area contributed by atoms with Crippen molar-refractivity contribution in [2.24, 2.45) is 7.05 Å². The summed E-state index contributed by atoms with van der Waals surface area (Å²) < 4.78 is 6.79. The Kier molecular flexibility index (Phi) is 8.51. The molecule has 0 radical (unpaired) electrons. The maximum Gasteiger partial charge on any atom is 0.407 e. The molecule has 1 unspecified atom stereocenters. The number of hydrogen-bond acceptors (Lipinski definition) is 8. The van der Waals surface area contributed by atoms with Crippen LogP contribution in [0.4, 0.5) is 10.6 Å². The van der Waals surface area contributed by atoms with Crippen molar-refractivity contribution < 1.29 is 9.53 Å². The monoisotopic (exact) mass is 531 g/mol. The average Bonchev–Trinajstić information content (AvgIpc) is 2.91. The molecule has 39 heavy (non-hydrogen) atoms. The Balaban J connectivity index is 1.69. The minimum atomic E-state index is -0.433. The number of alkyl carbamates (subject to hydrolysis) is 1. The average molecular weight is 532 g/mol. The summed E-state index contributed by atoms with van der Waals surface area (Å²) in [6, 6.07) is 13.9. The van der Waals surface area contributed by atoms with E-state index in [4.69, 9.17) is 4.74 Å². The summed E-state index contributed by atoms with van der Waals surface area (Å²) in [7, 11) is 1.66. The molecule has 206 valence electrons. The Morgan fingerprint density at radius 3 is 2.54 bits per heavy atom. The van der Waals surface area contributed by atoms with Gasteiger partial charge in [0.05, 0.1) is 17.7 Å². The molecular formula is C29H37N7O3. The van der Waals surface area contributed by atoms with Crippen molar-refractivity contribution in [1.82, 2.24) is 24.8 Å². The molecule has 1 saturated heterocycles. The van der Waals surface area contributed by atoms with Crippen LogP contribution in [0.2, 0.25) is 0 Å². The number of carbonyl (C=O) groups is 1. The lowest BCUT2D eigenvalue weighted by atomic mass is 9.97. The zero-order chi connectivity index (χ0) is 28.3. The van der Waals surface area contributed by atoms with Gasteiger partial charge in [0, 0.05) is 38.8 Å². The smallest absolute Gasteiger partial charge is 0.407 e. The van der Waals surface area contributed by atoms with Gasteiger partial charge in [0.25, 0.3) is 0 Å². The molecule has 10 heteroatoms. The topological polar surface area (TPSA) is 116 Å². The number of aryl methyl sites for hydroxylation is 2. The number of hydrogen-bond donors (Lipinski definition) is 1. The van der Waals surface area contributed by atoms with Crippen LogP contribution in [0, 0.1) is 18.3 Å². The van der Waals surface area contributed by atoms with Crippen LogP contribution < -0.4 is 15.9 Å². The van der Waals surface area contributed by atoms with Crippen LogP contribution in [0.3, 0.4) is 0 Å². The number of amides is 1. The second-order valence-corrected chi connectivity index (χ2v) is 10.5. The standard InChI is InChI=1S/C29H37N7O3/c1-7-23-17-35(27-26-24(34(6)28(37)33-27)13-12-22(14-30)32-26)20(5)16-36(23)25(15-31-29(38)39-18(2)3)21-10-8-19(4)9-11-21/h8-13,18,20,23,25H,7,15-17H2,1-6H3,(H,31,38)/t20-,23+,25?/m0/s1. The van der Waals surface area contributed by atoms with E-state index in [9.17, 15) is 14.9 Å². The third-order valence-electron chi connectivity index (χ3n) is 7.32. The van der Waals surface area contributed by atoms with E-state index in [1.165, 1.54) is 10.1 Å². The minimum absolute atomic E-state index is 0.0151. The van der Waals surface area contributed by atoms with Gasteiger partial charge in [0.1, 0.15) is 17.3 Å². The summed E-state index contributed by atoms with van der Waals surface area (Å²) in [5.74, 6) is 0.501.